The van der Waals surface area contributed by atoms with Crippen LogP contribution >= 0.6 is 11.6 Å². The number of rotatable bonds is 7. The van der Waals surface area contributed by atoms with Gasteiger partial charge in [0.15, 0.2) is 28.6 Å². The lowest BCUT2D eigenvalue weighted by Gasteiger charge is -2.47. The SMILES string of the molecule is C[C@@H]1CC(=O)N1[C@@H](C(=O)O)[C@](C)(CNC(=O)c1ccc(O)c(O)c1Cl)S(=O)O. The molecule has 0 radical (unpaired) electrons. The van der Waals surface area contributed by atoms with Crippen LogP contribution < -0.4 is 5.32 Å². The van der Waals surface area contributed by atoms with Gasteiger partial charge in [0.2, 0.25) is 5.91 Å². The number of phenolic OH excluding ortho intramolecular Hbond substituents is 2. The van der Waals surface area contributed by atoms with Crippen molar-refractivity contribution < 1.29 is 38.5 Å². The van der Waals surface area contributed by atoms with Crippen molar-refractivity contribution >= 4 is 40.5 Å². The Morgan fingerprint density at radius 2 is 2.04 bits per heavy atom. The Balaban J connectivity index is 2.30. The highest BCUT2D eigenvalue weighted by Crippen LogP contribution is 2.35. The summed E-state index contributed by atoms with van der Waals surface area (Å²) < 4.78 is 19.8. The number of aromatic hydroxyl groups is 2. The highest BCUT2D eigenvalue weighted by molar-refractivity contribution is 7.80. The average molecular weight is 435 g/mol. The molecule has 1 aromatic carbocycles. The van der Waals surface area contributed by atoms with Gasteiger partial charge >= 0.3 is 5.97 Å². The Morgan fingerprint density at radius 1 is 1.43 bits per heavy atom. The maximum absolute atomic E-state index is 12.4. The van der Waals surface area contributed by atoms with Gasteiger partial charge in [-0.2, -0.15) is 0 Å². The van der Waals surface area contributed by atoms with Gasteiger partial charge in [0.25, 0.3) is 5.91 Å². The van der Waals surface area contributed by atoms with Crippen molar-refractivity contribution in [2.24, 2.45) is 0 Å². The van der Waals surface area contributed by atoms with Crippen LogP contribution in [0.5, 0.6) is 11.5 Å². The Hall–Kier alpha value is -2.37. The molecular weight excluding hydrogens is 416 g/mol. The third-order valence-electron chi connectivity index (χ3n) is 4.66. The Labute approximate surface area is 167 Å². The minimum Gasteiger partial charge on any atom is -0.504 e. The van der Waals surface area contributed by atoms with Gasteiger partial charge in [-0.05, 0) is 26.0 Å². The van der Waals surface area contributed by atoms with E-state index in [0.717, 1.165) is 24.0 Å². The van der Waals surface area contributed by atoms with Crippen LogP contribution in [-0.4, -0.2) is 70.1 Å². The first-order valence-corrected chi connectivity index (χ1v) is 9.53. The van der Waals surface area contributed by atoms with Crippen molar-refractivity contribution in [3.63, 3.8) is 0 Å². The monoisotopic (exact) mass is 434 g/mol. The van der Waals surface area contributed by atoms with Crippen molar-refractivity contribution in [1.29, 1.82) is 0 Å². The molecule has 0 spiro atoms. The van der Waals surface area contributed by atoms with Gasteiger partial charge in [-0.15, -0.1) is 0 Å². The van der Waals surface area contributed by atoms with Crippen LogP contribution in [-0.2, 0) is 20.7 Å². The molecule has 1 aromatic rings. The molecule has 1 aliphatic rings. The van der Waals surface area contributed by atoms with Gasteiger partial charge in [-0.25, -0.2) is 9.00 Å². The summed E-state index contributed by atoms with van der Waals surface area (Å²) in [5.41, 5.74) is -0.233. The molecule has 0 aliphatic carbocycles. The first-order chi connectivity index (χ1) is 12.9. The van der Waals surface area contributed by atoms with Gasteiger partial charge < -0.3 is 30.1 Å². The summed E-state index contributed by atoms with van der Waals surface area (Å²) >= 11 is 3.08. The highest BCUT2D eigenvalue weighted by Gasteiger charge is 2.54. The molecule has 0 saturated carbocycles. The molecule has 0 bridgehead atoms. The van der Waals surface area contributed by atoms with E-state index in [4.69, 9.17) is 11.6 Å². The molecule has 5 N–H and O–H groups in total. The molecule has 12 heteroatoms. The lowest BCUT2D eigenvalue weighted by atomic mass is 9.91. The third-order valence-corrected chi connectivity index (χ3v) is 6.21. The van der Waals surface area contributed by atoms with Crippen molar-refractivity contribution in [3.05, 3.63) is 22.7 Å². The number of carbonyl (C=O) groups excluding carboxylic acids is 2. The Kier molecular flexibility index (Phi) is 6.21. The number of carbonyl (C=O) groups is 3. The van der Waals surface area contributed by atoms with E-state index < -0.39 is 68.8 Å². The molecule has 2 rings (SSSR count). The number of hydrogen-bond donors (Lipinski definition) is 5. The zero-order chi connectivity index (χ0) is 21.4. The summed E-state index contributed by atoms with van der Waals surface area (Å²) in [6.45, 7) is 2.19. The number of nitrogens with zero attached hydrogens (tertiary/aromatic N) is 1. The largest absolute Gasteiger partial charge is 0.504 e. The Morgan fingerprint density at radius 3 is 2.50 bits per heavy atom. The van der Waals surface area contributed by atoms with E-state index in [-0.39, 0.29) is 12.0 Å². The van der Waals surface area contributed by atoms with Crippen LogP contribution in [0.15, 0.2) is 12.1 Å². The summed E-state index contributed by atoms with van der Waals surface area (Å²) in [6, 6.07) is 0.0598. The van der Waals surface area contributed by atoms with Gasteiger partial charge in [0, 0.05) is 19.0 Å². The number of phenols is 2. The van der Waals surface area contributed by atoms with E-state index in [0.29, 0.717) is 0 Å². The summed E-state index contributed by atoms with van der Waals surface area (Å²) in [5, 5.41) is 30.4. The maximum atomic E-state index is 12.4. The van der Waals surface area contributed by atoms with Crippen LogP contribution in [0.1, 0.15) is 30.6 Å². The second-order valence-corrected chi connectivity index (χ2v) is 8.44. The van der Waals surface area contributed by atoms with Gasteiger partial charge in [0.1, 0.15) is 4.75 Å². The highest BCUT2D eigenvalue weighted by atomic mass is 35.5. The van der Waals surface area contributed by atoms with E-state index in [1.165, 1.54) is 0 Å². The van der Waals surface area contributed by atoms with Crippen molar-refractivity contribution in [1.82, 2.24) is 10.2 Å². The molecule has 154 valence electrons. The molecule has 1 heterocycles. The molecule has 1 aliphatic heterocycles. The summed E-state index contributed by atoms with van der Waals surface area (Å²) in [5.74, 6) is -4.09. The van der Waals surface area contributed by atoms with E-state index >= 15 is 0 Å². The van der Waals surface area contributed by atoms with Crippen LogP contribution in [0.25, 0.3) is 0 Å². The van der Waals surface area contributed by atoms with Gasteiger partial charge in [-0.3, -0.25) is 9.59 Å². The number of benzene rings is 1. The third kappa shape index (κ3) is 3.77. The number of hydrogen-bond acceptors (Lipinski definition) is 6. The summed E-state index contributed by atoms with van der Waals surface area (Å²) in [6.07, 6.45) is 0.118. The summed E-state index contributed by atoms with van der Waals surface area (Å²) in [4.78, 5) is 37.0. The average Bonchev–Trinajstić information content (AvgIpc) is 2.61. The van der Waals surface area contributed by atoms with Crippen molar-refractivity contribution in [2.45, 2.75) is 37.1 Å². The molecule has 2 amide bonds. The number of halogens is 1. The zero-order valence-electron chi connectivity index (χ0n) is 14.9. The van der Waals surface area contributed by atoms with Crippen LogP contribution in [0, 0.1) is 0 Å². The first kappa shape index (κ1) is 21.9. The number of nitrogens with one attached hydrogen (secondary N) is 1. The van der Waals surface area contributed by atoms with Crippen LogP contribution in [0.3, 0.4) is 0 Å². The first-order valence-electron chi connectivity index (χ1n) is 8.05. The predicted molar refractivity (Wildman–Crippen MR) is 98.6 cm³/mol. The molecule has 4 atom stereocenters. The molecule has 1 saturated heterocycles. The number of amides is 2. The van der Waals surface area contributed by atoms with Crippen LogP contribution in [0.4, 0.5) is 0 Å². The second-order valence-electron chi connectivity index (χ2n) is 6.63. The normalized spacial score (nSPS) is 20.6. The van der Waals surface area contributed by atoms with Crippen molar-refractivity contribution in [2.75, 3.05) is 6.54 Å². The molecule has 10 nitrogen and oxygen atoms in total. The predicted octanol–water partition coefficient (Wildman–Crippen LogP) is 0.535. The maximum Gasteiger partial charge on any atom is 0.328 e. The van der Waals surface area contributed by atoms with Gasteiger partial charge in [0.05, 0.1) is 10.6 Å². The topological polar surface area (TPSA) is 164 Å². The molecular formula is C16H19ClN2O8S. The lowest BCUT2D eigenvalue weighted by Crippen LogP contribution is -2.69. The molecule has 1 unspecified atom stereocenters. The van der Waals surface area contributed by atoms with E-state index in [1.54, 1.807) is 6.92 Å². The fourth-order valence-electron chi connectivity index (χ4n) is 3.00. The minimum atomic E-state index is -2.74. The smallest absolute Gasteiger partial charge is 0.328 e. The molecule has 28 heavy (non-hydrogen) atoms. The minimum absolute atomic E-state index is 0.118. The van der Waals surface area contributed by atoms with E-state index in [1.807, 2.05) is 0 Å². The fraction of sp³-hybridized carbons (Fsp3) is 0.438. The zero-order valence-corrected chi connectivity index (χ0v) is 16.5. The molecule has 1 fully saturated rings. The fourth-order valence-corrected chi connectivity index (χ4v) is 3.84. The van der Waals surface area contributed by atoms with E-state index in [2.05, 4.69) is 5.32 Å². The van der Waals surface area contributed by atoms with Crippen molar-refractivity contribution in [3.8, 4) is 11.5 Å². The second kappa shape index (κ2) is 7.94. The van der Waals surface area contributed by atoms with E-state index in [9.17, 15) is 38.5 Å². The summed E-state index contributed by atoms with van der Waals surface area (Å²) in [7, 11) is 0. The lowest BCUT2D eigenvalue weighted by molar-refractivity contribution is -0.162. The molecule has 0 aromatic heterocycles. The number of carboxylic acid groups (broad SMARTS) is 1. The number of β-lactam (4-membered cyclic amide) rings is 1. The Bertz CT molecular complexity index is 863. The number of aliphatic carboxylic acids is 1. The standard InChI is InChI=1S/C16H19ClN2O8S/c1-7-5-10(21)19(7)13(15(24)25)16(2,28(26)27)6-18-14(23)8-3-4-9(20)12(22)11(8)17/h3-4,7,13,20,22H,5-6H2,1-2H3,(H,18,23)(H,24,25)(H,26,27)/t7-,13+,16+/m1/s1. The van der Waals surface area contributed by atoms with Crippen LogP contribution in [0.2, 0.25) is 5.02 Å². The number of carboxylic acids is 1. The quantitative estimate of drug-likeness (QED) is 0.235. The van der Waals surface area contributed by atoms with Gasteiger partial charge in [-0.1, -0.05) is 11.6 Å². The number of likely N-dealkylation sites (tertiary alicyclic amines) is 1.